The highest BCUT2D eigenvalue weighted by Crippen LogP contribution is 1.91. The van der Waals surface area contributed by atoms with Gasteiger partial charge in [-0.05, 0) is 4.53 Å². The summed E-state index contributed by atoms with van der Waals surface area (Å²) >= 11 is 0. The Morgan fingerprint density at radius 2 is 2.17 bits per heavy atom. The Hall–Kier alpha value is -0.890. The highest BCUT2D eigenvalue weighted by Gasteiger charge is 2.11. The van der Waals surface area contributed by atoms with Crippen LogP contribution in [0.15, 0.2) is 0 Å². The molecule has 0 fully saturated rings. The normalized spacial score (nSPS) is 10.8. The van der Waals surface area contributed by atoms with Gasteiger partial charge in [-0.15, -0.1) is 0 Å². The summed E-state index contributed by atoms with van der Waals surface area (Å²) in [5, 5.41) is 2.04. The molecule has 0 aromatic rings. The van der Waals surface area contributed by atoms with E-state index in [2.05, 4.69) is 9.12 Å². The molecule has 0 aliphatic carbocycles. The van der Waals surface area contributed by atoms with Crippen molar-refractivity contribution in [3.8, 4) is 0 Å². The summed E-state index contributed by atoms with van der Waals surface area (Å²) < 4.78 is 38.5. The van der Waals surface area contributed by atoms with E-state index >= 15 is 0 Å². The van der Waals surface area contributed by atoms with Crippen molar-refractivity contribution >= 4 is 16.2 Å². The molecule has 0 rings (SSSR count). The Bertz CT molecular complexity index is 238. The molecule has 0 atom stereocenters. The van der Waals surface area contributed by atoms with Crippen molar-refractivity contribution in [1.29, 1.82) is 0 Å². The molecule has 12 heavy (non-hydrogen) atoms. The average Bonchev–Trinajstić information content (AvgIpc) is 2.04. The standard InChI is InChI=1S/C4H8FNO5S/c1-10-4(7)6-2-3-12(8,9)11-5/h2-3H2,1H3,(H,6,7). The van der Waals surface area contributed by atoms with E-state index in [1.54, 1.807) is 0 Å². The van der Waals surface area contributed by atoms with E-state index in [4.69, 9.17) is 0 Å². The lowest BCUT2D eigenvalue weighted by Gasteiger charge is -2.00. The van der Waals surface area contributed by atoms with Crippen molar-refractivity contribution in [1.82, 2.24) is 5.32 Å². The monoisotopic (exact) mass is 201 g/mol. The fourth-order valence-corrected chi connectivity index (χ4v) is 0.797. The average molecular weight is 201 g/mol. The van der Waals surface area contributed by atoms with Crippen molar-refractivity contribution in [3.05, 3.63) is 0 Å². The maximum atomic E-state index is 11.1. The second-order valence-corrected chi connectivity index (χ2v) is 3.39. The van der Waals surface area contributed by atoms with Gasteiger partial charge in [-0.1, -0.05) is 4.39 Å². The van der Waals surface area contributed by atoms with Gasteiger partial charge in [-0.2, -0.15) is 8.42 Å². The molecule has 0 saturated heterocycles. The predicted molar refractivity (Wildman–Crippen MR) is 36.4 cm³/mol. The van der Waals surface area contributed by atoms with E-state index in [0.717, 1.165) is 7.11 Å². The van der Waals surface area contributed by atoms with Gasteiger partial charge in [0.05, 0.1) is 12.9 Å². The van der Waals surface area contributed by atoms with E-state index in [9.17, 15) is 17.7 Å². The topological polar surface area (TPSA) is 81.7 Å². The zero-order valence-electron chi connectivity index (χ0n) is 6.24. The summed E-state index contributed by atoms with van der Waals surface area (Å²) in [4.78, 5) is 10.3. The number of carbonyl (C=O) groups is 1. The third-order valence-electron chi connectivity index (χ3n) is 0.903. The van der Waals surface area contributed by atoms with Crippen molar-refractivity contribution in [2.24, 2.45) is 0 Å². The smallest absolute Gasteiger partial charge is 0.406 e. The van der Waals surface area contributed by atoms with Gasteiger partial charge in [-0.3, -0.25) is 0 Å². The number of hydrogen-bond donors (Lipinski definition) is 1. The first-order valence-electron chi connectivity index (χ1n) is 2.86. The number of alkyl carbamates (subject to hydrolysis) is 1. The maximum Gasteiger partial charge on any atom is 0.406 e. The number of methoxy groups -OCH3 is 1. The van der Waals surface area contributed by atoms with Crippen LogP contribution >= 0.6 is 0 Å². The zero-order valence-corrected chi connectivity index (χ0v) is 7.06. The second-order valence-electron chi connectivity index (χ2n) is 1.74. The number of halogens is 1. The molecule has 0 aromatic heterocycles. The number of amides is 1. The number of ether oxygens (including phenoxy) is 1. The minimum atomic E-state index is -4.16. The molecule has 1 amide bonds. The van der Waals surface area contributed by atoms with Gasteiger partial charge in [0, 0.05) is 6.54 Å². The van der Waals surface area contributed by atoms with Crippen LogP contribution in [-0.2, 0) is 19.2 Å². The van der Waals surface area contributed by atoms with Crippen LogP contribution in [0.25, 0.3) is 0 Å². The maximum absolute atomic E-state index is 11.1. The lowest BCUT2D eigenvalue weighted by Crippen LogP contribution is -2.28. The zero-order chi connectivity index (χ0) is 9.61. The molecule has 0 unspecified atom stereocenters. The first kappa shape index (κ1) is 11.1. The molecule has 0 heterocycles. The quantitative estimate of drug-likeness (QED) is 0.667. The summed E-state index contributed by atoms with van der Waals surface area (Å²) in [5.74, 6) is -0.640. The summed E-state index contributed by atoms with van der Waals surface area (Å²) in [5.41, 5.74) is 0. The van der Waals surface area contributed by atoms with Gasteiger partial charge in [0.2, 0.25) is 0 Å². The van der Waals surface area contributed by atoms with Gasteiger partial charge >= 0.3 is 6.09 Å². The van der Waals surface area contributed by atoms with Crippen LogP contribution in [0, 0.1) is 0 Å². The van der Waals surface area contributed by atoms with Gasteiger partial charge in [0.25, 0.3) is 10.1 Å². The molecule has 1 N–H and O–H groups in total. The third kappa shape index (κ3) is 4.85. The Kier molecular flexibility index (Phi) is 4.52. The first-order chi connectivity index (χ1) is 5.52. The van der Waals surface area contributed by atoms with Gasteiger partial charge in [0.15, 0.2) is 0 Å². The first-order valence-corrected chi connectivity index (χ1v) is 4.44. The van der Waals surface area contributed by atoms with Gasteiger partial charge < -0.3 is 10.1 Å². The molecular weight excluding hydrogens is 193 g/mol. The lowest BCUT2D eigenvalue weighted by molar-refractivity contribution is 0.00302. The summed E-state index contributed by atoms with van der Waals surface area (Å²) in [6, 6.07) is 0. The van der Waals surface area contributed by atoms with Crippen molar-refractivity contribution < 1.29 is 26.9 Å². The summed E-state index contributed by atoms with van der Waals surface area (Å²) in [7, 11) is -3.04. The second kappa shape index (κ2) is 4.88. The fourth-order valence-electron chi connectivity index (χ4n) is 0.382. The highest BCUT2D eigenvalue weighted by molar-refractivity contribution is 7.86. The van der Waals surface area contributed by atoms with E-state index in [0.29, 0.717) is 0 Å². The molecule has 0 aliphatic rings. The van der Waals surface area contributed by atoms with E-state index in [1.165, 1.54) is 0 Å². The molecule has 0 aromatic carbocycles. The molecular formula is C4H8FNO5S. The largest absolute Gasteiger partial charge is 0.453 e. The third-order valence-corrected chi connectivity index (χ3v) is 1.80. The molecule has 0 aliphatic heterocycles. The molecule has 72 valence electrons. The highest BCUT2D eigenvalue weighted by atomic mass is 32.2. The van der Waals surface area contributed by atoms with Crippen LogP contribution in [0.4, 0.5) is 9.32 Å². The molecule has 0 bridgehead atoms. The van der Waals surface area contributed by atoms with Crippen LogP contribution in [-0.4, -0.2) is 33.9 Å². The summed E-state index contributed by atoms with van der Waals surface area (Å²) in [6.07, 6.45) is -0.788. The molecule has 6 nitrogen and oxygen atoms in total. The van der Waals surface area contributed by atoms with Crippen LogP contribution in [0.3, 0.4) is 0 Å². The van der Waals surface area contributed by atoms with Crippen LogP contribution in [0.5, 0.6) is 0 Å². The van der Waals surface area contributed by atoms with Crippen LogP contribution in [0.2, 0.25) is 0 Å². The Labute approximate surface area is 68.7 Å². The Morgan fingerprint density at radius 3 is 2.58 bits per heavy atom. The molecule has 0 radical (unpaired) electrons. The SMILES string of the molecule is COC(=O)NCCS(=O)(=O)OF. The fraction of sp³-hybridized carbons (Fsp3) is 0.750. The van der Waals surface area contributed by atoms with Crippen molar-refractivity contribution in [2.45, 2.75) is 0 Å². The van der Waals surface area contributed by atoms with Crippen LogP contribution < -0.4 is 5.32 Å². The number of carbonyl (C=O) groups excluding carboxylic acids is 1. The predicted octanol–water partition coefficient (Wildman–Crippen LogP) is -0.427. The molecule has 8 heteroatoms. The lowest BCUT2D eigenvalue weighted by atomic mass is 10.7. The van der Waals surface area contributed by atoms with E-state index in [-0.39, 0.29) is 6.54 Å². The minimum absolute atomic E-state index is 0.265. The molecule has 0 saturated carbocycles. The van der Waals surface area contributed by atoms with Crippen molar-refractivity contribution in [3.63, 3.8) is 0 Å². The minimum Gasteiger partial charge on any atom is -0.453 e. The molecule has 0 spiro atoms. The van der Waals surface area contributed by atoms with Gasteiger partial charge in [0.1, 0.15) is 0 Å². The number of hydrogen-bond acceptors (Lipinski definition) is 5. The Morgan fingerprint density at radius 1 is 1.58 bits per heavy atom. The van der Waals surface area contributed by atoms with E-state index < -0.39 is 22.0 Å². The number of nitrogens with one attached hydrogen (secondary N) is 1. The van der Waals surface area contributed by atoms with Crippen molar-refractivity contribution in [2.75, 3.05) is 19.4 Å². The van der Waals surface area contributed by atoms with Crippen LogP contribution in [0.1, 0.15) is 0 Å². The van der Waals surface area contributed by atoms with E-state index in [1.807, 2.05) is 5.32 Å². The Balaban J connectivity index is 3.64. The summed E-state index contributed by atoms with van der Waals surface area (Å²) in [6.45, 7) is -0.265. The number of rotatable bonds is 4. The van der Waals surface area contributed by atoms with Gasteiger partial charge in [-0.25, -0.2) is 4.79 Å².